The van der Waals surface area contributed by atoms with Gasteiger partial charge in [-0.05, 0) is 18.9 Å². The lowest BCUT2D eigenvalue weighted by molar-refractivity contribution is 0.461. The molecule has 0 radical (unpaired) electrons. The maximum absolute atomic E-state index is 11.6. The van der Waals surface area contributed by atoms with Gasteiger partial charge in [0.25, 0.3) is 0 Å². The highest BCUT2D eigenvalue weighted by atomic mass is 16.1. The Morgan fingerprint density at radius 1 is 1.15 bits per heavy atom. The molecule has 1 saturated carbocycles. The van der Waals surface area contributed by atoms with Gasteiger partial charge in [0.05, 0.1) is 11.7 Å². The van der Waals surface area contributed by atoms with Gasteiger partial charge in [-0.25, -0.2) is 4.98 Å². The van der Waals surface area contributed by atoms with Crippen LogP contribution in [0.4, 0.5) is 5.82 Å². The van der Waals surface area contributed by atoms with Crippen LogP contribution >= 0.6 is 0 Å². The van der Waals surface area contributed by atoms with E-state index in [0.29, 0.717) is 6.04 Å². The standard InChI is InChI=1S/C21H21N5O/c27-14-25-13-17(16-8-4-5-9-18(16)25)20-21(23-15-6-2-1-3-7-15)26-11-10-22-12-19(26)24-20/h4-5,8-15,23H,1-3,6-7H2. The van der Waals surface area contributed by atoms with E-state index in [1.165, 1.54) is 32.1 Å². The van der Waals surface area contributed by atoms with Crippen molar-refractivity contribution < 1.29 is 4.79 Å². The fourth-order valence-corrected chi connectivity index (χ4v) is 4.15. The van der Waals surface area contributed by atoms with E-state index in [4.69, 9.17) is 4.98 Å². The fourth-order valence-electron chi connectivity index (χ4n) is 4.15. The van der Waals surface area contributed by atoms with Crippen LogP contribution in [-0.4, -0.2) is 31.4 Å². The third-order valence-electron chi connectivity index (χ3n) is 5.49. The van der Waals surface area contributed by atoms with E-state index < -0.39 is 0 Å². The van der Waals surface area contributed by atoms with Crippen molar-refractivity contribution in [3.05, 3.63) is 49.1 Å². The van der Waals surface area contributed by atoms with E-state index in [2.05, 4.69) is 14.7 Å². The van der Waals surface area contributed by atoms with Gasteiger partial charge in [-0.3, -0.25) is 18.7 Å². The number of nitrogens with one attached hydrogen (secondary N) is 1. The number of anilines is 1. The number of benzene rings is 1. The van der Waals surface area contributed by atoms with E-state index >= 15 is 0 Å². The molecule has 6 heteroatoms. The largest absolute Gasteiger partial charge is 0.367 e. The van der Waals surface area contributed by atoms with E-state index in [1.807, 2.05) is 36.7 Å². The molecule has 3 heterocycles. The van der Waals surface area contributed by atoms with E-state index in [-0.39, 0.29) is 0 Å². The van der Waals surface area contributed by atoms with Crippen molar-refractivity contribution in [3.8, 4) is 11.3 Å². The fraction of sp³-hybridized carbons (Fsp3) is 0.286. The summed E-state index contributed by atoms with van der Waals surface area (Å²) in [7, 11) is 0. The van der Waals surface area contributed by atoms with E-state index in [9.17, 15) is 4.79 Å². The topological polar surface area (TPSA) is 64.2 Å². The highest BCUT2D eigenvalue weighted by Crippen LogP contribution is 2.36. The summed E-state index contributed by atoms with van der Waals surface area (Å²) in [4.78, 5) is 20.6. The molecular weight excluding hydrogens is 338 g/mol. The minimum atomic E-state index is 0.449. The molecule has 1 N–H and O–H groups in total. The Hall–Kier alpha value is -3.15. The summed E-state index contributed by atoms with van der Waals surface area (Å²) in [6.07, 6.45) is 14.4. The van der Waals surface area contributed by atoms with Crippen LogP contribution in [-0.2, 0) is 4.79 Å². The summed E-state index contributed by atoms with van der Waals surface area (Å²) >= 11 is 0. The molecule has 0 atom stereocenters. The zero-order chi connectivity index (χ0) is 18.2. The molecule has 6 nitrogen and oxygen atoms in total. The number of hydrogen-bond acceptors (Lipinski definition) is 4. The first-order valence-corrected chi connectivity index (χ1v) is 9.49. The van der Waals surface area contributed by atoms with E-state index in [0.717, 1.165) is 40.0 Å². The number of fused-ring (bicyclic) bond motifs is 2. The van der Waals surface area contributed by atoms with Gasteiger partial charge in [-0.2, -0.15) is 0 Å². The quantitative estimate of drug-likeness (QED) is 0.556. The summed E-state index contributed by atoms with van der Waals surface area (Å²) < 4.78 is 3.68. The predicted octanol–water partition coefficient (Wildman–Crippen LogP) is 4.13. The monoisotopic (exact) mass is 359 g/mol. The van der Waals surface area contributed by atoms with E-state index in [1.54, 1.807) is 17.0 Å². The Labute approximate surface area is 156 Å². The summed E-state index contributed by atoms with van der Waals surface area (Å²) in [5.74, 6) is 0.980. The number of carbonyl (C=O) groups excluding carboxylic acids is 1. The highest BCUT2D eigenvalue weighted by molar-refractivity contribution is 6.00. The Morgan fingerprint density at radius 2 is 2.00 bits per heavy atom. The number of carbonyl (C=O) groups is 1. The number of nitrogens with zero attached hydrogens (tertiary/aromatic N) is 4. The Kier molecular flexibility index (Phi) is 3.89. The molecule has 1 aliphatic rings. The zero-order valence-corrected chi connectivity index (χ0v) is 15.0. The van der Waals surface area contributed by atoms with Crippen LogP contribution in [0, 0.1) is 0 Å². The number of rotatable bonds is 4. The maximum atomic E-state index is 11.6. The van der Waals surface area contributed by atoms with Gasteiger partial charge in [0.15, 0.2) is 5.65 Å². The van der Waals surface area contributed by atoms with Crippen LogP contribution < -0.4 is 5.32 Å². The second kappa shape index (κ2) is 6.54. The molecule has 1 fully saturated rings. The van der Waals surface area contributed by atoms with Crippen LogP contribution in [0.25, 0.3) is 27.8 Å². The molecule has 0 aliphatic heterocycles. The van der Waals surface area contributed by atoms with Crippen LogP contribution in [0.3, 0.4) is 0 Å². The predicted molar refractivity (Wildman–Crippen MR) is 107 cm³/mol. The molecule has 5 rings (SSSR count). The second-order valence-corrected chi connectivity index (χ2v) is 7.17. The molecule has 1 aromatic carbocycles. The molecular formula is C21H21N5O. The van der Waals surface area contributed by atoms with Crippen molar-refractivity contribution in [1.29, 1.82) is 0 Å². The lowest BCUT2D eigenvalue weighted by Gasteiger charge is -2.24. The first kappa shape index (κ1) is 16.1. The SMILES string of the molecule is O=Cn1cc(-c2nc3cnccn3c2NC2CCCCC2)c2ccccc21. The molecule has 0 amide bonds. The number of para-hydroxylation sites is 1. The molecule has 0 bridgehead atoms. The smallest absolute Gasteiger partial charge is 0.218 e. The average Bonchev–Trinajstić information content (AvgIpc) is 3.27. The van der Waals surface area contributed by atoms with Crippen molar-refractivity contribution in [2.75, 3.05) is 5.32 Å². The van der Waals surface area contributed by atoms with Gasteiger partial charge in [0.1, 0.15) is 11.5 Å². The Morgan fingerprint density at radius 3 is 2.85 bits per heavy atom. The molecule has 3 aromatic heterocycles. The van der Waals surface area contributed by atoms with Gasteiger partial charge in [0.2, 0.25) is 6.41 Å². The van der Waals surface area contributed by atoms with Crippen molar-refractivity contribution >= 4 is 28.8 Å². The molecule has 0 unspecified atom stereocenters. The lowest BCUT2D eigenvalue weighted by Crippen LogP contribution is -2.23. The molecule has 0 saturated heterocycles. The zero-order valence-electron chi connectivity index (χ0n) is 15.0. The minimum absolute atomic E-state index is 0.449. The molecule has 0 spiro atoms. The summed E-state index contributed by atoms with van der Waals surface area (Å²) in [5.41, 5.74) is 3.51. The van der Waals surface area contributed by atoms with Crippen molar-refractivity contribution in [2.24, 2.45) is 0 Å². The third kappa shape index (κ3) is 2.68. The Balaban J connectivity index is 1.71. The number of aromatic nitrogens is 4. The van der Waals surface area contributed by atoms with Crippen molar-refractivity contribution in [3.63, 3.8) is 0 Å². The van der Waals surface area contributed by atoms with Gasteiger partial charge in [0, 0.05) is 35.6 Å². The van der Waals surface area contributed by atoms with Crippen LogP contribution in [0.15, 0.2) is 49.1 Å². The van der Waals surface area contributed by atoms with Gasteiger partial charge in [-0.1, -0.05) is 37.5 Å². The van der Waals surface area contributed by atoms with Crippen LogP contribution in [0.2, 0.25) is 0 Å². The van der Waals surface area contributed by atoms with Gasteiger partial charge in [-0.15, -0.1) is 0 Å². The summed E-state index contributed by atoms with van der Waals surface area (Å²) in [5, 5.41) is 4.76. The number of hydrogen-bond donors (Lipinski definition) is 1. The van der Waals surface area contributed by atoms with Crippen molar-refractivity contribution in [2.45, 2.75) is 38.1 Å². The highest BCUT2D eigenvalue weighted by Gasteiger charge is 2.22. The van der Waals surface area contributed by atoms with Crippen LogP contribution in [0.1, 0.15) is 32.1 Å². The van der Waals surface area contributed by atoms with Crippen molar-refractivity contribution in [1.82, 2.24) is 18.9 Å². The summed E-state index contributed by atoms with van der Waals surface area (Å²) in [6, 6.07) is 8.38. The van der Waals surface area contributed by atoms with Gasteiger partial charge >= 0.3 is 0 Å². The van der Waals surface area contributed by atoms with Gasteiger partial charge < -0.3 is 5.32 Å². The normalized spacial score (nSPS) is 15.4. The maximum Gasteiger partial charge on any atom is 0.218 e. The Bertz CT molecular complexity index is 1120. The molecule has 27 heavy (non-hydrogen) atoms. The first-order chi connectivity index (χ1) is 13.3. The second-order valence-electron chi connectivity index (χ2n) is 7.17. The average molecular weight is 359 g/mol. The summed E-state index contributed by atoms with van der Waals surface area (Å²) in [6.45, 7) is 0. The lowest BCUT2D eigenvalue weighted by atomic mass is 9.95. The third-order valence-corrected chi connectivity index (χ3v) is 5.49. The minimum Gasteiger partial charge on any atom is -0.367 e. The van der Waals surface area contributed by atoms with Crippen LogP contribution in [0.5, 0.6) is 0 Å². The molecule has 136 valence electrons. The molecule has 4 aromatic rings. The molecule has 1 aliphatic carbocycles. The first-order valence-electron chi connectivity index (χ1n) is 9.49. The number of imidazole rings is 1.